The molecular formula is C11H15NO8S. The first kappa shape index (κ1) is 21.0. The second-order valence-corrected chi connectivity index (χ2v) is 4.18. The second kappa shape index (κ2) is 14.1. The Kier molecular flexibility index (Phi) is 14.1. The van der Waals surface area contributed by atoms with Crippen LogP contribution in [0.3, 0.4) is 0 Å². The summed E-state index contributed by atoms with van der Waals surface area (Å²) in [5.74, 6) is -2.56. The molecule has 0 amide bonds. The molecule has 0 unspecified atom stereocenters. The molecule has 10 heteroatoms. The first-order chi connectivity index (χ1) is 9.75. The fourth-order valence-electron chi connectivity index (χ4n) is 0.646. The average Bonchev–Trinajstić information content (AvgIpc) is 2.93. The van der Waals surface area contributed by atoms with Gasteiger partial charge in [0.25, 0.3) is 0 Å². The molecule has 0 atom stereocenters. The molecule has 0 aromatic carbocycles. The van der Waals surface area contributed by atoms with Gasteiger partial charge in [0.05, 0.1) is 0 Å². The van der Waals surface area contributed by atoms with Gasteiger partial charge < -0.3 is 25.7 Å². The van der Waals surface area contributed by atoms with Crippen LogP contribution in [0.4, 0.5) is 0 Å². The SMILES string of the molecule is C1CSCN1.O=C(O)/C=C\C(=O)O.O=C(O)/C=C\C(=O)O. The van der Waals surface area contributed by atoms with Crippen LogP contribution in [0.1, 0.15) is 0 Å². The van der Waals surface area contributed by atoms with Gasteiger partial charge in [0.15, 0.2) is 0 Å². The summed E-state index contributed by atoms with van der Waals surface area (Å²) in [5.41, 5.74) is 0. The largest absolute Gasteiger partial charge is 0.478 e. The van der Waals surface area contributed by atoms with Crippen LogP contribution in [0.25, 0.3) is 0 Å². The summed E-state index contributed by atoms with van der Waals surface area (Å²) >= 11 is 1.96. The molecule has 118 valence electrons. The van der Waals surface area contributed by atoms with Crippen molar-refractivity contribution in [2.24, 2.45) is 0 Å². The molecule has 21 heavy (non-hydrogen) atoms. The number of aliphatic carboxylic acids is 4. The number of hydrogen-bond donors (Lipinski definition) is 5. The molecule has 1 aliphatic rings. The van der Waals surface area contributed by atoms with Gasteiger partial charge in [-0.3, -0.25) is 0 Å². The van der Waals surface area contributed by atoms with Crippen LogP contribution in [0.2, 0.25) is 0 Å². The number of carbonyl (C=O) groups is 4. The van der Waals surface area contributed by atoms with Crippen molar-refractivity contribution in [3.63, 3.8) is 0 Å². The lowest BCUT2D eigenvalue weighted by Crippen LogP contribution is -2.04. The highest BCUT2D eigenvalue weighted by molar-refractivity contribution is 7.99. The maximum Gasteiger partial charge on any atom is 0.328 e. The third-order valence-corrected chi connectivity index (χ3v) is 2.27. The predicted molar refractivity (Wildman–Crippen MR) is 74.2 cm³/mol. The molecule has 0 radical (unpaired) electrons. The fourth-order valence-corrected chi connectivity index (χ4v) is 1.37. The Morgan fingerprint density at radius 2 is 1.10 bits per heavy atom. The minimum absolute atomic E-state index is 0.558. The van der Waals surface area contributed by atoms with Crippen molar-refractivity contribution in [1.29, 1.82) is 0 Å². The van der Waals surface area contributed by atoms with E-state index in [1.807, 2.05) is 11.8 Å². The Morgan fingerprint density at radius 1 is 0.762 bits per heavy atom. The number of carboxylic acids is 4. The van der Waals surface area contributed by atoms with Crippen molar-refractivity contribution in [2.75, 3.05) is 18.2 Å². The number of nitrogens with one attached hydrogen (secondary N) is 1. The maximum absolute atomic E-state index is 9.55. The molecule has 0 saturated carbocycles. The van der Waals surface area contributed by atoms with Crippen LogP contribution in [0.15, 0.2) is 24.3 Å². The van der Waals surface area contributed by atoms with Crippen molar-refractivity contribution in [1.82, 2.24) is 5.32 Å². The summed E-state index contributed by atoms with van der Waals surface area (Å²) in [6.07, 6.45) is 2.23. The van der Waals surface area contributed by atoms with Crippen LogP contribution < -0.4 is 5.32 Å². The van der Waals surface area contributed by atoms with E-state index < -0.39 is 23.9 Å². The minimum atomic E-state index is -1.26. The lowest BCUT2D eigenvalue weighted by molar-refractivity contribution is -0.134. The van der Waals surface area contributed by atoms with Gasteiger partial charge in [0, 0.05) is 42.5 Å². The molecule has 0 aromatic heterocycles. The van der Waals surface area contributed by atoms with Crippen LogP contribution in [-0.4, -0.2) is 62.5 Å². The smallest absolute Gasteiger partial charge is 0.328 e. The molecular weight excluding hydrogens is 306 g/mol. The molecule has 5 N–H and O–H groups in total. The van der Waals surface area contributed by atoms with E-state index in [-0.39, 0.29) is 0 Å². The quantitative estimate of drug-likeness (QED) is 0.435. The van der Waals surface area contributed by atoms with Gasteiger partial charge in [-0.05, 0) is 0 Å². The summed E-state index contributed by atoms with van der Waals surface area (Å²) < 4.78 is 0. The first-order valence-electron chi connectivity index (χ1n) is 5.32. The van der Waals surface area contributed by atoms with E-state index in [4.69, 9.17) is 20.4 Å². The first-order valence-corrected chi connectivity index (χ1v) is 6.47. The number of carboxylic acid groups (broad SMARTS) is 4. The van der Waals surface area contributed by atoms with E-state index in [0.29, 0.717) is 24.3 Å². The third-order valence-electron chi connectivity index (χ3n) is 1.36. The minimum Gasteiger partial charge on any atom is -0.478 e. The molecule has 1 aliphatic heterocycles. The number of rotatable bonds is 4. The normalized spacial score (nSPS) is 13.0. The van der Waals surface area contributed by atoms with E-state index in [2.05, 4.69) is 5.32 Å². The fraction of sp³-hybridized carbons (Fsp3) is 0.273. The standard InChI is InChI=1S/2C4H4O4.C3H7NS/c2*5-3(6)1-2-4(7)8;1-2-5-3-4-1/h2*1-2H,(H,5,6)(H,7,8);4H,1-3H2/b2*2-1-;. The topological polar surface area (TPSA) is 161 Å². The Bertz CT molecular complexity index is 341. The third kappa shape index (κ3) is 27.0. The predicted octanol–water partition coefficient (Wildman–Crippen LogP) is -0.296. The Labute approximate surface area is 124 Å². The van der Waals surface area contributed by atoms with E-state index in [1.54, 1.807) is 0 Å². The summed E-state index contributed by atoms with van der Waals surface area (Å²) in [4.78, 5) is 38.2. The van der Waals surface area contributed by atoms with Gasteiger partial charge in [-0.2, -0.15) is 0 Å². The highest BCUT2D eigenvalue weighted by Gasteiger charge is 1.93. The molecule has 1 saturated heterocycles. The van der Waals surface area contributed by atoms with Crippen molar-refractivity contribution >= 4 is 35.6 Å². The summed E-state index contributed by atoms with van der Waals surface area (Å²) in [5, 5.41) is 34.4. The van der Waals surface area contributed by atoms with E-state index >= 15 is 0 Å². The molecule has 0 spiro atoms. The van der Waals surface area contributed by atoms with Crippen LogP contribution in [0, 0.1) is 0 Å². The highest BCUT2D eigenvalue weighted by atomic mass is 32.2. The van der Waals surface area contributed by atoms with Gasteiger partial charge in [-0.1, -0.05) is 0 Å². The van der Waals surface area contributed by atoms with Crippen molar-refractivity contribution in [3.8, 4) is 0 Å². The van der Waals surface area contributed by atoms with Crippen LogP contribution in [-0.2, 0) is 19.2 Å². The lowest BCUT2D eigenvalue weighted by Gasteiger charge is -1.74. The lowest BCUT2D eigenvalue weighted by atomic mass is 10.5. The molecule has 0 aromatic rings. The molecule has 0 bridgehead atoms. The molecule has 1 heterocycles. The van der Waals surface area contributed by atoms with Gasteiger partial charge in [-0.15, -0.1) is 11.8 Å². The van der Waals surface area contributed by atoms with E-state index in [9.17, 15) is 19.2 Å². The molecule has 1 fully saturated rings. The molecule has 9 nitrogen and oxygen atoms in total. The van der Waals surface area contributed by atoms with Gasteiger partial charge in [0.2, 0.25) is 0 Å². The Balaban J connectivity index is 0. The van der Waals surface area contributed by atoms with Crippen molar-refractivity contribution in [3.05, 3.63) is 24.3 Å². The second-order valence-electron chi connectivity index (χ2n) is 3.07. The van der Waals surface area contributed by atoms with Crippen molar-refractivity contribution in [2.45, 2.75) is 0 Å². The van der Waals surface area contributed by atoms with E-state index in [0.717, 1.165) is 0 Å². The monoisotopic (exact) mass is 321 g/mol. The molecule has 0 aliphatic carbocycles. The maximum atomic E-state index is 9.55. The summed E-state index contributed by atoms with van der Waals surface area (Å²) in [6, 6.07) is 0. The average molecular weight is 321 g/mol. The highest BCUT2D eigenvalue weighted by Crippen LogP contribution is 1.99. The van der Waals surface area contributed by atoms with Crippen LogP contribution in [0.5, 0.6) is 0 Å². The van der Waals surface area contributed by atoms with Gasteiger partial charge in [-0.25, -0.2) is 19.2 Å². The molecule has 1 rings (SSSR count). The number of thioether (sulfide) groups is 1. The zero-order valence-corrected chi connectivity index (χ0v) is 11.6. The Morgan fingerprint density at radius 3 is 1.19 bits per heavy atom. The van der Waals surface area contributed by atoms with Gasteiger partial charge in [0.1, 0.15) is 0 Å². The zero-order valence-electron chi connectivity index (χ0n) is 10.8. The Hall–Kier alpha value is -2.33. The van der Waals surface area contributed by atoms with Gasteiger partial charge >= 0.3 is 23.9 Å². The summed E-state index contributed by atoms with van der Waals surface area (Å²) in [6.45, 7) is 1.21. The number of hydrogen-bond acceptors (Lipinski definition) is 6. The van der Waals surface area contributed by atoms with Crippen molar-refractivity contribution < 1.29 is 39.6 Å². The van der Waals surface area contributed by atoms with E-state index in [1.165, 1.54) is 18.2 Å². The zero-order chi connectivity index (χ0) is 16.7. The van der Waals surface area contributed by atoms with Crippen LogP contribution >= 0.6 is 11.8 Å². The summed E-state index contributed by atoms with van der Waals surface area (Å²) in [7, 11) is 0.